The molecule has 0 fully saturated rings. The summed E-state index contributed by atoms with van der Waals surface area (Å²) in [5.74, 6) is 0.0405. The predicted molar refractivity (Wildman–Crippen MR) is 59.0 cm³/mol. The molecule has 3 N–H and O–H groups in total. The van der Waals surface area contributed by atoms with Crippen LogP contribution in [0.5, 0.6) is 0 Å². The van der Waals surface area contributed by atoms with Crippen LogP contribution in [0.1, 0.15) is 20.3 Å². The van der Waals surface area contributed by atoms with Crippen LogP contribution >= 0.6 is 0 Å². The molecule has 0 aromatic heterocycles. The molecule has 0 aromatic carbocycles. The third-order valence-corrected chi connectivity index (χ3v) is 2.19. The van der Waals surface area contributed by atoms with E-state index in [1.54, 1.807) is 0 Å². The molecule has 0 aliphatic heterocycles. The summed E-state index contributed by atoms with van der Waals surface area (Å²) in [4.78, 5) is 13.6. The Morgan fingerprint density at radius 3 is 2.43 bits per heavy atom. The maximum absolute atomic E-state index is 11.5. The van der Waals surface area contributed by atoms with Crippen molar-refractivity contribution < 1.29 is 4.79 Å². The van der Waals surface area contributed by atoms with E-state index in [1.165, 1.54) is 0 Å². The lowest BCUT2D eigenvalue weighted by atomic mass is 9.93. The van der Waals surface area contributed by atoms with Gasteiger partial charge in [0.05, 0.1) is 5.41 Å². The van der Waals surface area contributed by atoms with Crippen molar-refractivity contribution in [2.24, 2.45) is 11.1 Å². The zero-order valence-electron chi connectivity index (χ0n) is 9.76. The number of amides is 1. The van der Waals surface area contributed by atoms with Crippen LogP contribution in [0, 0.1) is 5.41 Å². The number of carbonyl (C=O) groups is 1. The lowest BCUT2D eigenvalue weighted by Gasteiger charge is -2.21. The van der Waals surface area contributed by atoms with Gasteiger partial charge in [-0.15, -0.1) is 0 Å². The molecule has 1 amide bonds. The minimum Gasteiger partial charge on any atom is -0.356 e. The van der Waals surface area contributed by atoms with E-state index in [0.717, 1.165) is 19.5 Å². The third kappa shape index (κ3) is 5.19. The highest BCUT2D eigenvalue weighted by atomic mass is 16.2. The van der Waals surface area contributed by atoms with E-state index in [-0.39, 0.29) is 5.91 Å². The summed E-state index contributed by atoms with van der Waals surface area (Å²) in [5.41, 5.74) is 5.04. The summed E-state index contributed by atoms with van der Waals surface area (Å²) in [6.45, 7) is 5.80. The van der Waals surface area contributed by atoms with Gasteiger partial charge >= 0.3 is 0 Å². The Morgan fingerprint density at radius 1 is 1.43 bits per heavy atom. The van der Waals surface area contributed by atoms with Crippen LogP contribution in [0.3, 0.4) is 0 Å². The van der Waals surface area contributed by atoms with Gasteiger partial charge in [0.2, 0.25) is 5.91 Å². The number of nitrogens with two attached hydrogens (primary N) is 1. The number of carbonyl (C=O) groups excluding carboxylic acids is 1. The standard InChI is InChI=1S/C10H23N3O/c1-10(2,8-11)9(14)12-6-5-7-13(3)4/h5-8,11H2,1-4H3,(H,12,14). The van der Waals surface area contributed by atoms with Gasteiger partial charge in [0.15, 0.2) is 0 Å². The second kappa shape index (κ2) is 5.98. The van der Waals surface area contributed by atoms with Crippen molar-refractivity contribution in [1.29, 1.82) is 0 Å². The molecule has 0 rings (SSSR count). The van der Waals surface area contributed by atoms with E-state index in [9.17, 15) is 4.79 Å². The first kappa shape index (κ1) is 13.4. The molecule has 0 atom stereocenters. The first-order valence-corrected chi connectivity index (χ1v) is 5.03. The normalized spacial score (nSPS) is 11.9. The number of hydrogen-bond acceptors (Lipinski definition) is 3. The molecule has 14 heavy (non-hydrogen) atoms. The van der Waals surface area contributed by atoms with E-state index in [2.05, 4.69) is 10.2 Å². The van der Waals surface area contributed by atoms with Gasteiger partial charge in [-0.25, -0.2) is 0 Å². The molecule has 84 valence electrons. The largest absolute Gasteiger partial charge is 0.356 e. The average Bonchev–Trinajstić information content (AvgIpc) is 2.11. The van der Waals surface area contributed by atoms with Crippen LogP contribution in [-0.4, -0.2) is 44.5 Å². The Morgan fingerprint density at radius 2 is 2.00 bits per heavy atom. The van der Waals surface area contributed by atoms with Crippen LogP contribution in [0.15, 0.2) is 0 Å². The van der Waals surface area contributed by atoms with E-state index in [0.29, 0.717) is 6.54 Å². The predicted octanol–water partition coefficient (Wildman–Crippen LogP) is 0.0392. The van der Waals surface area contributed by atoms with E-state index in [4.69, 9.17) is 5.73 Å². The summed E-state index contributed by atoms with van der Waals surface area (Å²) >= 11 is 0. The number of nitrogens with one attached hydrogen (secondary N) is 1. The maximum atomic E-state index is 11.5. The van der Waals surface area contributed by atoms with Crippen molar-refractivity contribution in [3.63, 3.8) is 0 Å². The number of hydrogen-bond donors (Lipinski definition) is 2. The summed E-state index contributed by atoms with van der Waals surface area (Å²) in [6.07, 6.45) is 0.972. The summed E-state index contributed by atoms with van der Waals surface area (Å²) in [6, 6.07) is 0. The first-order chi connectivity index (χ1) is 6.40. The van der Waals surface area contributed by atoms with Gasteiger partial charge in [-0.05, 0) is 40.9 Å². The smallest absolute Gasteiger partial charge is 0.226 e. The van der Waals surface area contributed by atoms with Crippen LogP contribution in [0.25, 0.3) is 0 Å². The molecule has 0 radical (unpaired) electrons. The first-order valence-electron chi connectivity index (χ1n) is 5.03. The average molecular weight is 201 g/mol. The highest BCUT2D eigenvalue weighted by Crippen LogP contribution is 2.11. The molecule has 0 spiro atoms. The highest BCUT2D eigenvalue weighted by Gasteiger charge is 2.24. The van der Waals surface area contributed by atoms with Gasteiger partial charge in [0.25, 0.3) is 0 Å². The van der Waals surface area contributed by atoms with Gasteiger partial charge < -0.3 is 16.0 Å². The molecule has 0 aromatic rings. The minimum atomic E-state index is -0.446. The van der Waals surface area contributed by atoms with Gasteiger partial charge in [0, 0.05) is 13.1 Å². The molecule has 0 aliphatic carbocycles. The Hall–Kier alpha value is -0.610. The van der Waals surface area contributed by atoms with Gasteiger partial charge in [-0.2, -0.15) is 0 Å². The lowest BCUT2D eigenvalue weighted by Crippen LogP contribution is -2.42. The van der Waals surface area contributed by atoms with Crippen LogP contribution in [0.2, 0.25) is 0 Å². The second-order valence-electron chi connectivity index (χ2n) is 4.50. The van der Waals surface area contributed by atoms with Gasteiger partial charge in [-0.3, -0.25) is 4.79 Å². The molecule has 0 aliphatic rings. The number of nitrogens with zero attached hydrogens (tertiary/aromatic N) is 1. The van der Waals surface area contributed by atoms with Gasteiger partial charge in [-0.1, -0.05) is 0 Å². The molecular weight excluding hydrogens is 178 g/mol. The van der Waals surface area contributed by atoms with Gasteiger partial charge in [0.1, 0.15) is 0 Å². The van der Waals surface area contributed by atoms with Crippen molar-refractivity contribution in [1.82, 2.24) is 10.2 Å². The maximum Gasteiger partial charge on any atom is 0.226 e. The Kier molecular flexibility index (Phi) is 5.72. The molecule has 0 bridgehead atoms. The molecule has 0 heterocycles. The van der Waals surface area contributed by atoms with Crippen molar-refractivity contribution in [3.05, 3.63) is 0 Å². The SMILES string of the molecule is CN(C)CCCNC(=O)C(C)(C)CN. The zero-order chi connectivity index (χ0) is 11.2. The molecule has 4 heteroatoms. The van der Waals surface area contributed by atoms with E-state index < -0.39 is 5.41 Å². The number of rotatable bonds is 6. The summed E-state index contributed by atoms with van der Waals surface area (Å²) in [5, 5.41) is 2.88. The fourth-order valence-corrected chi connectivity index (χ4v) is 0.929. The van der Waals surface area contributed by atoms with E-state index in [1.807, 2.05) is 27.9 Å². The molecular formula is C10H23N3O. The summed E-state index contributed by atoms with van der Waals surface area (Å²) in [7, 11) is 4.04. The quantitative estimate of drug-likeness (QED) is 0.597. The Balaban J connectivity index is 3.64. The Bertz CT molecular complexity index is 178. The van der Waals surface area contributed by atoms with Crippen LogP contribution < -0.4 is 11.1 Å². The molecule has 0 unspecified atom stereocenters. The fraction of sp³-hybridized carbons (Fsp3) is 0.900. The van der Waals surface area contributed by atoms with E-state index >= 15 is 0 Å². The third-order valence-electron chi connectivity index (χ3n) is 2.19. The topological polar surface area (TPSA) is 58.4 Å². The summed E-state index contributed by atoms with van der Waals surface area (Å²) < 4.78 is 0. The highest BCUT2D eigenvalue weighted by molar-refractivity contribution is 5.81. The fourth-order valence-electron chi connectivity index (χ4n) is 0.929. The van der Waals surface area contributed by atoms with Crippen molar-refractivity contribution in [2.45, 2.75) is 20.3 Å². The van der Waals surface area contributed by atoms with Crippen LogP contribution in [-0.2, 0) is 4.79 Å². The van der Waals surface area contributed by atoms with Crippen molar-refractivity contribution >= 4 is 5.91 Å². The zero-order valence-corrected chi connectivity index (χ0v) is 9.76. The second-order valence-corrected chi connectivity index (χ2v) is 4.50. The molecule has 0 saturated carbocycles. The molecule has 4 nitrogen and oxygen atoms in total. The van der Waals surface area contributed by atoms with Crippen molar-refractivity contribution in [2.75, 3.05) is 33.7 Å². The monoisotopic (exact) mass is 201 g/mol. The van der Waals surface area contributed by atoms with Crippen LogP contribution in [0.4, 0.5) is 0 Å². The minimum absolute atomic E-state index is 0.0405. The van der Waals surface area contributed by atoms with Crippen molar-refractivity contribution in [3.8, 4) is 0 Å². The lowest BCUT2D eigenvalue weighted by molar-refractivity contribution is -0.128. The molecule has 0 saturated heterocycles. The Labute approximate surface area is 86.8 Å².